The zero-order valence-electron chi connectivity index (χ0n) is 16.3. The molecule has 2 N–H and O–H groups in total. The maximum Gasteiger partial charge on any atom is 0.191 e. The molecule has 1 aromatic rings. The standard InChI is InChI=1S/C20H35N5/c1-5-21-20(23-14-18-8-6-7-11-22-18)24-15-19(16(2)3)25-12-9-17(4)10-13-25/h6-8,11,16-17,19H,5,9-10,12-15H2,1-4H3,(H2,21,23,24). The molecule has 2 rings (SSSR count). The maximum atomic E-state index is 4.69. The lowest BCUT2D eigenvalue weighted by Crippen LogP contribution is -2.51. The second kappa shape index (κ2) is 10.4. The van der Waals surface area contributed by atoms with E-state index in [2.05, 4.69) is 53.2 Å². The van der Waals surface area contributed by atoms with Crippen LogP contribution in [0.15, 0.2) is 29.4 Å². The summed E-state index contributed by atoms with van der Waals surface area (Å²) in [6.45, 7) is 13.9. The van der Waals surface area contributed by atoms with Gasteiger partial charge in [-0.25, -0.2) is 4.99 Å². The number of hydrogen-bond acceptors (Lipinski definition) is 3. The normalized spacial score (nSPS) is 18.4. The van der Waals surface area contributed by atoms with Crippen molar-refractivity contribution in [2.45, 2.75) is 53.1 Å². The molecule has 1 atom stereocenters. The lowest BCUT2D eigenvalue weighted by molar-refractivity contribution is 0.110. The molecule has 0 aromatic carbocycles. The minimum absolute atomic E-state index is 0.547. The Morgan fingerprint density at radius 2 is 2.04 bits per heavy atom. The lowest BCUT2D eigenvalue weighted by Gasteiger charge is -2.39. The van der Waals surface area contributed by atoms with Gasteiger partial charge in [-0.1, -0.05) is 26.8 Å². The van der Waals surface area contributed by atoms with Crippen molar-refractivity contribution in [3.63, 3.8) is 0 Å². The van der Waals surface area contributed by atoms with E-state index in [1.165, 1.54) is 25.9 Å². The lowest BCUT2D eigenvalue weighted by atomic mass is 9.94. The van der Waals surface area contributed by atoms with Crippen LogP contribution in [-0.4, -0.2) is 48.1 Å². The third-order valence-corrected chi connectivity index (χ3v) is 5.00. The van der Waals surface area contributed by atoms with E-state index in [0.29, 0.717) is 18.5 Å². The Balaban J connectivity index is 1.92. The second-order valence-electron chi connectivity index (χ2n) is 7.43. The molecular weight excluding hydrogens is 310 g/mol. The molecule has 5 heteroatoms. The number of aliphatic imine (C=N–C) groups is 1. The van der Waals surface area contributed by atoms with Gasteiger partial charge in [-0.05, 0) is 56.8 Å². The van der Waals surface area contributed by atoms with Crippen molar-refractivity contribution in [2.75, 3.05) is 26.2 Å². The molecule has 1 saturated heterocycles. The first-order valence-electron chi connectivity index (χ1n) is 9.76. The van der Waals surface area contributed by atoms with Crippen LogP contribution < -0.4 is 10.6 Å². The summed E-state index contributed by atoms with van der Waals surface area (Å²) in [5.74, 6) is 2.37. The highest BCUT2D eigenvalue weighted by atomic mass is 15.2. The highest BCUT2D eigenvalue weighted by molar-refractivity contribution is 5.79. The number of guanidine groups is 1. The van der Waals surface area contributed by atoms with Crippen LogP contribution in [-0.2, 0) is 6.54 Å². The first kappa shape index (κ1) is 19.7. The fraction of sp³-hybridized carbons (Fsp3) is 0.700. The number of likely N-dealkylation sites (tertiary alicyclic amines) is 1. The van der Waals surface area contributed by atoms with Gasteiger partial charge < -0.3 is 10.6 Å². The van der Waals surface area contributed by atoms with Crippen LogP contribution in [0.2, 0.25) is 0 Å². The van der Waals surface area contributed by atoms with Crippen molar-refractivity contribution in [1.29, 1.82) is 0 Å². The first-order chi connectivity index (χ1) is 12.1. The molecule has 0 amide bonds. The van der Waals surface area contributed by atoms with Gasteiger partial charge in [-0.2, -0.15) is 0 Å². The summed E-state index contributed by atoms with van der Waals surface area (Å²) in [5, 5.41) is 6.90. The van der Waals surface area contributed by atoms with E-state index >= 15 is 0 Å². The molecule has 0 radical (unpaired) electrons. The number of nitrogens with zero attached hydrogens (tertiary/aromatic N) is 3. The molecule has 1 unspecified atom stereocenters. The van der Waals surface area contributed by atoms with Crippen molar-refractivity contribution in [1.82, 2.24) is 20.5 Å². The molecule has 2 heterocycles. The van der Waals surface area contributed by atoms with E-state index in [0.717, 1.165) is 30.7 Å². The van der Waals surface area contributed by atoms with Crippen LogP contribution in [0.5, 0.6) is 0 Å². The van der Waals surface area contributed by atoms with Crippen LogP contribution in [0.1, 0.15) is 46.2 Å². The summed E-state index contributed by atoms with van der Waals surface area (Å²) in [6.07, 6.45) is 4.45. The quantitative estimate of drug-likeness (QED) is 0.589. The summed E-state index contributed by atoms with van der Waals surface area (Å²) in [4.78, 5) is 11.7. The molecule has 0 saturated carbocycles. The van der Waals surface area contributed by atoms with Crippen molar-refractivity contribution in [2.24, 2.45) is 16.8 Å². The Labute approximate surface area is 153 Å². The van der Waals surface area contributed by atoms with Gasteiger partial charge in [-0.15, -0.1) is 0 Å². The van der Waals surface area contributed by atoms with E-state index in [1.54, 1.807) is 0 Å². The Hall–Kier alpha value is -1.62. The predicted molar refractivity (Wildman–Crippen MR) is 106 cm³/mol. The average molecular weight is 346 g/mol. The number of pyridine rings is 1. The van der Waals surface area contributed by atoms with Gasteiger partial charge in [0.2, 0.25) is 0 Å². The molecule has 1 aliphatic rings. The summed E-state index contributed by atoms with van der Waals surface area (Å²) < 4.78 is 0. The molecule has 0 bridgehead atoms. The SMILES string of the molecule is CCNC(=NCc1ccccn1)NCC(C(C)C)N1CCC(C)CC1. The van der Waals surface area contributed by atoms with Crippen LogP contribution in [0.25, 0.3) is 0 Å². The fourth-order valence-electron chi connectivity index (χ4n) is 3.34. The molecule has 1 aliphatic heterocycles. The van der Waals surface area contributed by atoms with Crippen LogP contribution in [0, 0.1) is 11.8 Å². The summed E-state index contributed by atoms with van der Waals surface area (Å²) in [5.41, 5.74) is 0.991. The average Bonchev–Trinajstić information content (AvgIpc) is 2.62. The summed E-state index contributed by atoms with van der Waals surface area (Å²) in [6, 6.07) is 6.50. The van der Waals surface area contributed by atoms with Crippen molar-refractivity contribution in [3.05, 3.63) is 30.1 Å². The number of hydrogen-bond donors (Lipinski definition) is 2. The van der Waals surface area contributed by atoms with Gasteiger partial charge in [0.05, 0.1) is 12.2 Å². The molecule has 1 aromatic heterocycles. The van der Waals surface area contributed by atoms with Gasteiger partial charge in [0, 0.05) is 25.3 Å². The maximum absolute atomic E-state index is 4.69. The third-order valence-electron chi connectivity index (χ3n) is 5.00. The van der Waals surface area contributed by atoms with Gasteiger partial charge in [0.1, 0.15) is 0 Å². The van der Waals surface area contributed by atoms with E-state index in [1.807, 2.05) is 24.4 Å². The number of piperidine rings is 1. The number of rotatable bonds is 7. The van der Waals surface area contributed by atoms with Crippen molar-refractivity contribution < 1.29 is 0 Å². The van der Waals surface area contributed by atoms with Gasteiger partial charge in [0.15, 0.2) is 5.96 Å². The fourth-order valence-corrected chi connectivity index (χ4v) is 3.34. The topological polar surface area (TPSA) is 52.6 Å². The van der Waals surface area contributed by atoms with Crippen LogP contribution in [0.4, 0.5) is 0 Å². The van der Waals surface area contributed by atoms with E-state index in [4.69, 9.17) is 0 Å². The van der Waals surface area contributed by atoms with E-state index in [9.17, 15) is 0 Å². The zero-order chi connectivity index (χ0) is 18.1. The zero-order valence-corrected chi connectivity index (χ0v) is 16.3. The highest BCUT2D eigenvalue weighted by Gasteiger charge is 2.25. The monoisotopic (exact) mass is 345 g/mol. The molecule has 0 spiro atoms. The predicted octanol–water partition coefficient (Wildman–Crippen LogP) is 2.89. The number of aromatic nitrogens is 1. The largest absolute Gasteiger partial charge is 0.357 e. The third kappa shape index (κ3) is 6.65. The first-order valence-corrected chi connectivity index (χ1v) is 9.76. The summed E-state index contributed by atoms with van der Waals surface area (Å²) in [7, 11) is 0. The minimum Gasteiger partial charge on any atom is -0.357 e. The van der Waals surface area contributed by atoms with Crippen molar-refractivity contribution >= 4 is 5.96 Å². The Morgan fingerprint density at radius 3 is 2.64 bits per heavy atom. The van der Waals surface area contributed by atoms with Crippen LogP contribution in [0.3, 0.4) is 0 Å². The molecule has 25 heavy (non-hydrogen) atoms. The van der Waals surface area contributed by atoms with E-state index in [-0.39, 0.29) is 0 Å². The molecule has 0 aliphatic carbocycles. The Bertz CT molecular complexity index is 506. The molecule has 140 valence electrons. The Morgan fingerprint density at radius 1 is 1.28 bits per heavy atom. The van der Waals surface area contributed by atoms with Gasteiger partial charge >= 0.3 is 0 Å². The Kier molecular flexibility index (Phi) is 8.19. The van der Waals surface area contributed by atoms with E-state index < -0.39 is 0 Å². The van der Waals surface area contributed by atoms with Crippen molar-refractivity contribution in [3.8, 4) is 0 Å². The minimum atomic E-state index is 0.547. The second-order valence-corrected chi connectivity index (χ2v) is 7.43. The molecule has 5 nitrogen and oxygen atoms in total. The van der Waals surface area contributed by atoms with Gasteiger partial charge in [0.25, 0.3) is 0 Å². The smallest absolute Gasteiger partial charge is 0.191 e. The molecular formula is C20H35N5. The number of nitrogens with one attached hydrogen (secondary N) is 2. The summed E-state index contributed by atoms with van der Waals surface area (Å²) >= 11 is 0. The molecule has 1 fully saturated rings. The van der Waals surface area contributed by atoms with Crippen LogP contribution >= 0.6 is 0 Å². The van der Waals surface area contributed by atoms with Gasteiger partial charge in [-0.3, -0.25) is 9.88 Å². The highest BCUT2D eigenvalue weighted by Crippen LogP contribution is 2.21.